The number of benzene rings is 2. The van der Waals surface area contributed by atoms with E-state index in [1.807, 2.05) is 55.5 Å². The van der Waals surface area contributed by atoms with Crippen molar-refractivity contribution in [3.05, 3.63) is 71.3 Å². The Morgan fingerprint density at radius 1 is 1.10 bits per heavy atom. The van der Waals surface area contributed by atoms with E-state index in [9.17, 15) is 9.90 Å². The van der Waals surface area contributed by atoms with Gasteiger partial charge in [0.1, 0.15) is 0 Å². The first-order valence-corrected chi connectivity index (χ1v) is 6.68. The van der Waals surface area contributed by atoms with Crippen LogP contribution in [0.25, 0.3) is 0 Å². The molecule has 0 aromatic heterocycles. The molecule has 0 saturated carbocycles. The Labute approximate surface area is 119 Å². The summed E-state index contributed by atoms with van der Waals surface area (Å²) in [7, 11) is 0. The normalized spacial score (nSPS) is 13.6. The monoisotopic (exact) mass is 269 g/mol. The first kappa shape index (κ1) is 14.3. The lowest BCUT2D eigenvalue weighted by molar-refractivity contribution is 0.0852. The molecule has 2 rings (SSSR count). The lowest BCUT2D eigenvalue weighted by Gasteiger charge is -2.20. The third-order valence-electron chi connectivity index (χ3n) is 3.25. The molecule has 2 atom stereocenters. The number of carbonyl (C=O) groups is 1. The molecular weight excluding hydrogens is 250 g/mol. The Morgan fingerprint density at radius 2 is 1.80 bits per heavy atom. The van der Waals surface area contributed by atoms with Crippen molar-refractivity contribution < 1.29 is 9.90 Å². The quantitative estimate of drug-likeness (QED) is 0.896. The van der Waals surface area contributed by atoms with Crippen LogP contribution in [0.4, 0.5) is 0 Å². The second kappa shape index (κ2) is 6.35. The van der Waals surface area contributed by atoms with E-state index in [2.05, 4.69) is 5.32 Å². The van der Waals surface area contributed by atoms with Crippen molar-refractivity contribution in [2.24, 2.45) is 0 Å². The van der Waals surface area contributed by atoms with Gasteiger partial charge in [-0.2, -0.15) is 0 Å². The van der Waals surface area contributed by atoms with Crippen LogP contribution in [0.3, 0.4) is 0 Å². The molecule has 0 aliphatic carbocycles. The summed E-state index contributed by atoms with van der Waals surface area (Å²) in [4.78, 5) is 12.1. The smallest absolute Gasteiger partial charge is 0.251 e. The minimum absolute atomic E-state index is 0.170. The highest BCUT2D eigenvalue weighted by molar-refractivity contribution is 5.94. The van der Waals surface area contributed by atoms with Gasteiger partial charge in [-0.05, 0) is 31.5 Å². The summed E-state index contributed by atoms with van der Waals surface area (Å²) in [6.07, 6.45) is -0.718. The molecule has 0 bridgehead atoms. The van der Waals surface area contributed by atoms with Gasteiger partial charge in [0.05, 0.1) is 12.1 Å². The van der Waals surface area contributed by atoms with Gasteiger partial charge in [0.25, 0.3) is 5.91 Å². The fourth-order valence-corrected chi connectivity index (χ4v) is 2.09. The van der Waals surface area contributed by atoms with E-state index in [1.165, 1.54) is 0 Å². The summed E-state index contributed by atoms with van der Waals surface area (Å²) in [6.45, 7) is 3.74. The number of carbonyl (C=O) groups excluding carboxylic acids is 1. The molecule has 20 heavy (non-hydrogen) atoms. The number of aliphatic hydroxyl groups excluding tert-OH is 1. The Kier molecular flexibility index (Phi) is 4.53. The van der Waals surface area contributed by atoms with Crippen molar-refractivity contribution in [1.82, 2.24) is 5.32 Å². The number of amides is 1. The molecular formula is C17H19NO2. The predicted molar refractivity (Wildman–Crippen MR) is 79.5 cm³/mol. The van der Waals surface area contributed by atoms with Crippen LogP contribution < -0.4 is 5.32 Å². The van der Waals surface area contributed by atoms with Gasteiger partial charge in [0, 0.05) is 5.56 Å². The van der Waals surface area contributed by atoms with Gasteiger partial charge >= 0.3 is 0 Å². The van der Waals surface area contributed by atoms with Crippen molar-refractivity contribution in [1.29, 1.82) is 0 Å². The third kappa shape index (κ3) is 3.45. The van der Waals surface area contributed by atoms with E-state index >= 15 is 0 Å². The van der Waals surface area contributed by atoms with Crippen LogP contribution in [0.5, 0.6) is 0 Å². The number of rotatable bonds is 4. The molecule has 0 radical (unpaired) electrons. The number of nitrogens with one attached hydrogen (secondary N) is 1. The summed E-state index contributed by atoms with van der Waals surface area (Å²) in [5.41, 5.74) is 2.44. The lowest BCUT2D eigenvalue weighted by Crippen LogP contribution is -2.37. The van der Waals surface area contributed by atoms with Crippen molar-refractivity contribution in [2.75, 3.05) is 0 Å². The molecule has 0 heterocycles. The van der Waals surface area contributed by atoms with Crippen LogP contribution in [0.15, 0.2) is 54.6 Å². The zero-order chi connectivity index (χ0) is 14.5. The van der Waals surface area contributed by atoms with E-state index in [4.69, 9.17) is 0 Å². The molecule has 3 heteroatoms. The topological polar surface area (TPSA) is 49.3 Å². The Morgan fingerprint density at radius 3 is 2.45 bits per heavy atom. The lowest BCUT2D eigenvalue weighted by atomic mass is 10.0. The highest BCUT2D eigenvalue weighted by Gasteiger charge is 2.18. The van der Waals surface area contributed by atoms with Gasteiger partial charge < -0.3 is 10.4 Å². The number of hydrogen-bond acceptors (Lipinski definition) is 2. The number of aliphatic hydroxyl groups is 1. The van der Waals surface area contributed by atoms with Crippen LogP contribution in [0.2, 0.25) is 0 Å². The van der Waals surface area contributed by atoms with Crippen molar-refractivity contribution >= 4 is 5.91 Å². The SMILES string of the molecule is Cc1cccc(C(=O)NC(C)C(O)c2ccccc2)c1. The van der Waals surface area contributed by atoms with Crippen molar-refractivity contribution in [2.45, 2.75) is 26.0 Å². The zero-order valence-corrected chi connectivity index (χ0v) is 11.7. The minimum atomic E-state index is -0.718. The summed E-state index contributed by atoms with van der Waals surface area (Å²) < 4.78 is 0. The van der Waals surface area contributed by atoms with Crippen molar-refractivity contribution in [3.63, 3.8) is 0 Å². The van der Waals surface area contributed by atoms with E-state index in [1.54, 1.807) is 13.0 Å². The second-order valence-corrected chi connectivity index (χ2v) is 4.99. The summed E-state index contributed by atoms with van der Waals surface area (Å²) in [5, 5.41) is 13.1. The maximum Gasteiger partial charge on any atom is 0.251 e. The maximum absolute atomic E-state index is 12.1. The molecule has 0 saturated heterocycles. The van der Waals surface area contributed by atoms with E-state index in [0.717, 1.165) is 11.1 Å². The molecule has 2 aromatic rings. The summed E-state index contributed by atoms with van der Waals surface area (Å²) in [6, 6.07) is 16.4. The molecule has 2 unspecified atom stereocenters. The van der Waals surface area contributed by atoms with Gasteiger partial charge in [-0.15, -0.1) is 0 Å². The number of hydrogen-bond donors (Lipinski definition) is 2. The van der Waals surface area contributed by atoms with E-state index < -0.39 is 6.10 Å². The van der Waals surface area contributed by atoms with Crippen LogP contribution in [0.1, 0.15) is 34.5 Å². The maximum atomic E-state index is 12.1. The highest BCUT2D eigenvalue weighted by Crippen LogP contribution is 2.16. The summed E-state index contributed by atoms with van der Waals surface area (Å²) in [5.74, 6) is -0.170. The molecule has 2 N–H and O–H groups in total. The van der Waals surface area contributed by atoms with Crippen LogP contribution in [-0.4, -0.2) is 17.1 Å². The van der Waals surface area contributed by atoms with Gasteiger partial charge in [-0.25, -0.2) is 0 Å². The predicted octanol–water partition coefficient (Wildman–Crippen LogP) is 2.85. The Bertz CT molecular complexity index is 581. The van der Waals surface area contributed by atoms with Crippen molar-refractivity contribution in [3.8, 4) is 0 Å². The van der Waals surface area contributed by atoms with Crippen LogP contribution in [-0.2, 0) is 0 Å². The van der Waals surface area contributed by atoms with Gasteiger partial charge in [0.2, 0.25) is 0 Å². The third-order valence-corrected chi connectivity index (χ3v) is 3.25. The van der Waals surface area contributed by atoms with E-state index in [0.29, 0.717) is 5.56 Å². The molecule has 0 fully saturated rings. The zero-order valence-electron chi connectivity index (χ0n) is 11.7. The summed E-state index contributed by atoms with van der Waals surface area (Å²) >= 11 is 0. The molecule has 0 spiro atoms. The first-order chi connectivity index (χ1) is 9.58. The Balaban J connectivity index is 2.04. The number of aryl methyl sites for hydroxylation is 1. The molecule has 104 valence electrons. The largest absolute Gasteiger partial charge is 0.386 e. The minimum Gasteiger partial charge on any atom is -0.386 e. The molecule has 1 amide bonds. The van der Waals surface area contributed by atoms with Crippen LogP contribution in [0, 0.1) is 6.92 Å². The second-order valence-electron chi connectivity index (χ2n) is 4.99. The van der Waals surface area contributed by atoms with Crippen LogP contribution >= 0.6 is 0 Å². The fraction of sp³-hybridized carbons (Fsp3) is 0.235. The van der Waals surface area contributed by atoms with Gasteiger partial charge in [-0.1, -0.05) is 48.0 Å². The molecule has 3 nitrogen and oxygen atoms in total. The highest BCUT2D eigenvalue weighted by atomic mass is 16.3. The standard InChI is InChI=1S/C17H19NO2/c1-12-7-6-10-15(11-12)17(20)18-13(2)16(19)14-8-4-3-5-9-14/h3-11,13,16,19H,1-2H3,(H,18,20). The van der Waals surface area contributed by atoms with Gasteiger partial charge in [-0.3, -0.25) is 4.79 Å². The Hall–Kier alpha value is -2.13. The first-order valence-electron chi connectivity index (χ1n) is 6.68. The van der Waals surface area contributed by atoms with E-state index in [-0.39, 0.29) is 11.9 Å². The molecule has 0 aliphatic rings. The van der Waals surface area contributed by atoms with Gasteiger partial charge in [0.15, 0.2) is 0 Å². The average Bonchev–Trinajstić information content (AvgIpc) is 2.47. The molecule has 2 aromatic carbocycles. The average molecular weight is 269 g/mol. The fourth-order valence-electron chi connectivity index (χ4n) is 2.09. The molecule has 0 aliphatic heterocycles.